The summed E-state index contributed by atoms with van der Waals surface area (Å²) in [7, 11) is 0. The van der Waals surface area contributed by atoms with E-state index in [4.69, 9.17) is 25.8 Å². The van der Waals surface area contributed by atoms with Crippen molar-refractivity contribution in [2.24, 2.45) is 4.99 Å². The van der Waals surface area contributed by atoms with Crippen molar-refractivity contribution in [1.82, 2.24) is 0 Å². The molecule has 1 aliphatic heterocycles. The van der Waals surface area contributed by atoms with Gasteiger partial charge in [-0.25, -0.2) is 14.2 Å². The van der Waals surface area contributed by atoms with Crippen LogP contribution in [0, 0.1) is 5.82 Å². The minimum Gasteiger partial charge on any atom is -0.506 e. The molecular weight excluding hydrogens is 557 g/mol. The van der Waals surface area contributed by atoms with E-state index in [0.29, 0.717) is 29.0 Å². The molecule has 1 amide bonds. The molecule has 1 heterocycles. The number of carbonyl (C=O) groups is 2. The first-order valence-electron chi connectivity index (χ1n) is 12.3. The molecule has 3 aromatic rings. The molecule has 0 unspecified atom stereocenters. The molecule has 0 saturated carbocycles. The number of halogens is 2. The van der Waals surface area contributed by atoms with Gasteiger partial charge in [-0.1, -0.05) is 59.8 Å². The molecule has 0 fully saturated rings. The molecule has 10 heteroatoms. The SMILES string of the molecule is CCOC(=O)C1=C(O)/C(=C/c2cc(Cl)c(OCc3ccccc3F)c(OCC)c2)SC1=NC(=O)c1ccccc1. The number of hydrogen-bond acceptors (Lipinski definition) is 7. The summed E-state index contributed by atoms with van der Waals surface area (Å²) < 4.78 is 30.7. The lowest BCUT2D eigenvalue weighted by Gasteiger charge is -2.15. The smallest absolute Gasteiger partial charge is 0.344 e. The Labute approximate surface area is 239 Å². The van der Waals surface area contributed by atoms with Crippen molar-refractivity contribution < 1.29 is 33.3 Å². The highest BCUT2D eigenvalue weighted by molar-refractivity contribution is 8.18. The summed E-state index contributed by atoms with van der Waals surface area (Å²) in [6, 6.07) is 17.8. The fourth-order valence-electron chi connectivity index (χ4n) is 3.72. The maximum atomic E-state index is 14.1. The van der Waals surface area contributed by atoms with Gasteiger partial charge in [-0.2, -0.15) is 0 Å². The van der Waals surface area contributed by atoms with Crippen LogP contribution in [0.15, 0.2) is 88.0 Å². The number of thioether (sulfide) groups is 1. The monoisotopic (exact) mass is 581 g/mol. The highest BCUT2D eigenvalue weighted by Gasteiger charge is 2.34. The first kappa shape index (κ1) is 28.9. The minimum atomic E-state index is -0.805. The zero-order chi connectivity index (χ0) is 28.6. The van der Waals surface area contributed by atoms with Crippen molar-refractivity contribution in [1.29, 1.82) is 0 Å². The van der Waals surface area contributed by atoms with E-state index in [2.05, 4.69) is 4.99 Å². The van der Waals surface area contributed by atoms with Gasteiger partial charge in [0.1, 0.15) is 28.8 Å². The second kappa shape index (κ2) is 13.3. The van der Waals surface area contributed by atoms with Crippen molar-refractivity contribution in [2.75, 3.05) is 13.2 Å². The average Bonchev–Trinajstić information content (AvgIpc) is 3.23. The number of ether oxygens (including phenoxy) is 3. The first-order valence-corrected chi connectivity index (χ1v) is 13.5. The van der Waals surface area contributed by atoms with Gasteiger partial charge in [0.2, 0.25) is 0 Å². The topological polar surface area (TPSA) is 94.4 Å². The second-order valence-electron chi connectivity index (χ2n) is 8.29. The first-order chi connectivity index (χ1) is 19.3. The van der Waals surface area contributed by atoms with Crippen LogP contribution in [-0.4, -0.2) is 35.2 Å². The molecule has 0 atom stereocenters. The largest absolute Gasteiger partial charge is 0.506 e. The minimum absolute atomic E-state index is 0.0111. The molecule has 0 saturated heterocycles. The Morgan fingerprint density at radius 1 is 1.02 bits per heavy atom. The van der Waals surface area contributed by atoms with Gasteiger partial charge in [-0.05, 0) is 55.8 Å². The van der Waals surface area contributed by atoms with Crippen LogP contribution >= 0.6 is 23.4 Å². The maximum absolute atomic E-state index is 14.1. The molecule has 0 spiro atoms. The fraction of sp³-hybridized carbons (Fsp3) is 0.167. The number of hydrogen-bond donors (Lipinski definition) is 1. The van der Waals surface area contributed by atoms with Crippen molar-refractivity contribution in [3.8, 4) is 11.5 Å². The summed E-state index contributed by atoms with van der Waals surface area (Å²) in [6.45, 7) is 3.73. The molecule has 1 N–H and O–H groups in total. The number of aliphatic hydroxyl groups excluding tert-OH is 1. The Morgan fingerprint density at radius 2 is 1.75 bits per heavy atom. The molecule has 3 aromatic carbocycles. The summed E-state index contributed by atoms with van der Waals surface area (Å²) in [5.41, 5.74) is 0.991. The zero-order valence-corrected chi connectivity index (χ0v) is 23.2. The van der Waals surface area contributed by atoms with Crippen LogP contribution in [0.2, 0.25) is 5.02 Å². The van der Waals surface area contributed by atoms with E-state index in [1.165, 1.54) is 6.07 Å². The Kier molecular flexibility index (Phi) is 9.63. The second-order valence-corrected chi connectivity index (χ2v) is 9.72. The molecule has 206 valence electrons. The van der Waals surface area contributed by atoms with Gasteiger partial charge in [0.25, 0.3) is 5.91 Å². The Hall–Kier alpha value is -4.08. The van der Waals surface area contributed by atoms with E-state index in [9.17, 15) is 19.1 Å². The number of aliphatic hydroxyl groups is 1. The predicted octanol–water partition coefficient (Wildman–Crippen LogP) is 7.16. The van der Waals surface area contributed by atoms with E-state index < -0.39 is 17.7 Å². The van der Waals surface area contributed by atoms with Gasteiger partial charge in [0, 0.05) is 11.1 Å². The quantitative estimate of drug-likeness (QED) is 0.268. The number of rotatable bonds is 9. The van der Waals surface area contributed by atoms with Gasteiger partial charge < -0.3 is 19.3 Å². The summed E-state index contributed by atoms with van der Waals surface area (Å²) in [4.78, 5) is 29.8. The lowest BCUT2D eigenvalue weighted by atomic mass is 10.1. The standard InChI is InChI=1S/C30H25ClFNO6S/c1-3-37-23-15-18(14-21(31)27(23)39-17-20-12-8-9-13-22(20)32)16-24-26(34)25(30(36)38-4-2)29(40-24)33-28(35)19-10-6-5-7-11-19/h5-16,34H,3-4,17H2,1-2H3/b24-16-,33-29?. The number of benzene rings is 3. The van der Waals surface area contributed by atoms with Crippen molar-refractivity contribution in [3.05, 3.63) is 110 Å². The fourth-order valence-corrected chi connectivity index (χ4v) is 5.01. The van der Waals surface area contributed by atoms with Gasteiger partial charge in [-0.15, -0.1) is 0 Å². The van der Waals surface area contributed by atoms with Crippen molar-refractivity contribution in [2.45, 2.75) is 20.5 Å². The van der Waals surface area contributed by atoms with E-state index in [1.807, 2.05) is 0 Å². The summed E-state index contributed by atoms with van der Waals surface area (Å²) in [5.74, 6) is -1.62. The third kappa shape index (κ3) is 6.73. The van der Waals surface area contributed by atoms with Gasteiger partial charge in [0.05, 0.1) is 23.1 Å². The summed E-state index contributed by atoms with van der Waals surface area (Å²) >= 11 is 7.48. The maximum Gasteiger partial charge on any atom is 0.344 e. The van der Waals surface area contributed by atoms with Gasteiger partial charge in [-0.3, -0.25) is 4.79 Å². The number of amides is 1. The van der Waals surface area contributed by atoms with Crippen LogP contribution in [0.5, 0.6) is 11.5 Å². The highest BCUT2D eigenvalue weighted by Crippen LogP contribution is 2.42. The molecule has 0 bridgehead atoms. The van der Waals surface area contributed by atoms with E-state index in [-0.39, 0.29) is 45.3 Å². The molecule has 4 rings (SSSR count). The van der Waals surface area contributed by atoms with E-state index >= 15 is 0 Å². The number of carbonyl (C=O) groups excluding carboxylic acids is 2. The van der Waals surface area contributed by atoms with Gasteiger partial charge >= 0.3 is 5.97 Å². The average molecular weight is 582 g/mol. The van der Waals surface area contributed by atoms with Gasteiger partial charge in [0.15, 0.2) is 11.5 Å². The summed E-state index contributed by atoms with van der Waals surface area (Å²) in [5, 5.41) is 11.2. The number of aliphatic imine (C=N–C) groups is 1. The van der Waals surface area contributed by atoms with Crippen LogP contribution in [0.4, 0.5) is 4.39 Å². The molecule has 7 nitrogen and oxygen atoms in total. The normalized spacial score (nSPS) is 15.0. The van der Waals surface area contributed by atoms with Crippen LogP contribution in [-0.2, 0) is 16.1 Å². The third-order valence-corrected chi connectivity index (χ3v) is 6.85. The molecule has 0 aromatic heterocycles. The Morgan fingerprint density at radius 3 is 2.45 bits per heavy atom. The Balaban J connectivity index is 1.68. The molecule has 40 heavy (non-hydrogen) atoms. The Bertz CT molecular complexity index is 1520. The number of esters is 1. The molecule has 0 aliphatic carbocycles. The van der Waals surface area contributed by atoms with Crippen molar-refractivity contribution >= 4 is 46.4 Å². The zero-order valence-electron chi connectivity index (χ0n) is 21.6. The molecule has 0 radical (unpaired) electrons. The van der Waals surface area contributed by atoms with Crippen molar-refractivity contribution in [3.63, 3.8) is 0 Å². The van der Waals surface area contributed by atoms with E-state index in [1.54, 1.807) is 80.6 Å². The number of nitrogens with zero attached hydrogens (tertiary/aromatic N) is 1. The molecular formula is C30H25ClFNO6S. The summed E-state index contributed by atoms with van der Waals surface area (Å²) in [6.07, 6.45) is 1.57. The lowest BCUT2D eigenvalue weighted by Crippen LogP contribution is -2.14. The van der Waals surface area contributed by atoms with Crippen LogP contribution in [0.25, 0.3) is 6.08 Å². The van der Waals surface area contributed by atoms with Crippen LogP contribution in [0.3, 0.4) is 0 Å². The lowest BCUT2D eigenvalue weighted by molar-refractivity contribution is -0.138. The van der Waals surface area contributed by atoms with Crippen LogP contribution in [0.1, 0.15) is 35.3 Å². The predicted molar refractivity (Wildman–Crippen MR) is 153 cm³/mol. The van der Waals surface area contributed by atoms with Crippen LogP contribution < -0.4 is 9.47 Å². The highest BCUT2D eigenvalue weighted by atomic mass is 35.5. The third-order valence-electron chi connectivity index (χ3n) is 5.55. The van der Waals surface area contributed by atoms with E-state index in [0.717, 1.165) is 11.8 Å². The molecule has 1 aliphatic rings.